The molecule has 0 saturated heterocycles. The fraction of sp³-hybridized carbons (Fsp3) is 0.459. The Morgan fingerprint density at radius 2 is 0.879 bits per heavy atom. The Labute approximate surface area is 738 Å². The zero-order valence-corrected chi connectivity index (χ0v) is 83.4. The van der Waals surface area contributed by atoms with Crippen LogP contribution in [-0.2, 0) is 7.05 Å². The monoisotopic (exact) mass is 1710 g/mol. The van der Waals surface area contributed by atoms with Crippen molar-refractivity contribution in [3.05, 3.63) is 312 Å². The van der Waals surface area contributed by atoms with Crippen LogP contribution < -0.4 is 0 Å². The normalized spacial score (nSPS) is 7.19. The fourth-order valence-electron chi connectivity index (χ4n) is 4.93. The van der Waals surface area contributed by atoms with Crippen LogP contribution in [0.5, 0.6) is 0 Å². The summed E-state index contributed by atoms with van der Waals surface area (Å²) in [4.78, 5) is 28.9. The SMILES string of the molecule is C.C.C.CC.CC.CC.CC.CC.CC.CC.CC.CC.CC.CC.CC.CC.CC.Cc1cc[nH]c1.Cc1ccc[nH]1.Cc1ccccc1.Cc1ccco1.Cc1cccs1.Cc1cccs1.Cc1ccoc1.Cc1ccsc1.Cc1cnco1.Cc1cncs1.Cc1cocn1.Cc1cscn1.Cc1ncco1.Cn1cccc1. The van der Waals surface area contributed by atoms with E-state index in [0.717, 1.165) is 28.8 Å². The first-order valence-electron chi connectivity index (χ1n) is 40.5. The summed E-state index contributed by atoms with van der Waals surface area (Å²) in [5.41, 5.74) is 12.1. The van der Waals surface area contributed by atoms with Crippen molar-refractivity contribution in [2.24, 2.45) is 7.05 Å². The Bertz CT molecular complexity index is 2540. The minimum Gasteiger partial charge on any atom is -0.472 e. The van der Waals surface area contributed by atoms with Gasteiger partial charge in [0.05, 0.1) is 47.9 Å². The fourth-order valence-corrected chi connectivity index (χ4v) is 7.61. The lowest BCUT2D eigenvalue weighted by molar-refractivity contribution is 0.521. The van der Waals surface area contributed by atoms with Crippen molar-refractivity contribution >= 4 is 56.7 Å². The number of hydrogen-bond donors (Lipinski definition) is 2. The summed E-state index contributed by atoms with van der Waals surface area (Å²) < 4.78 is 25.6. The summed E-state index contributed by atoms with van der Waals surface area (Å²) in [6.07, 6.45) is 25.9. The van der Waals surface area contributed by atoms with Gasteiger partial charge in [0.2, 0.25) is 0 Å². The molecule has 1 aromatic carbocycles. The van der Waals surface area contributed by atoms with Gasteiger partial charge in [0, 0.05) is 82.6 Å². The molecule has 0 amide bonds. The van der Waals surface area contributed by atoms with E-state index in [0.29, 0.717) is 0 Å². The number of H-pyrrole nitrogens is 2. The third-order valence-electron chi connectivity index (χ3n) is 9.30. The standard InChI is InChI=1S/C7H8.3C5H7N.2C5H6O.3C5H6S.3C4H5NO.2C4H5NS.14C2H6.3CH4/c1-7-5-3-2-4-6-7;1-5-2-3-6-4-5;1-6-4-2-3-5-6;1-5-3-2-4-6-5;1-5-2-3-6-4-5;1-5-3-2-4-6-5;1-5-2-3-6-4-5;2*1-5-3-2-4-6-5;1-4-2-6-3-5-4;1-4-2-5-3-6-4;1-4-5-2-3-6-4;1-4-2-6-3-5-4;1-4-2-5-3-6-4;14*1-2;;;/h2-6H,1H3;2-4,6H,1H3;2-5H,1H3;2-4,6H,1H3;5*2-4H,1H3;5*2-3H,1H3;14*1-2H3;3*1H4. The summed E-state index contributed by atoms with van der Waals surface area (Å²) in [6.45, 7) is 81.9. The Hall–Kier alpha value is -8.39. The van der Waals surface area contributed by atoms with Crippen molar-refractivity contribution < 1.29 is 22.1 Å². The number of aromatic nitrogens is 8. The third kappa shape index (κ3) is 141. The van der Waals surface area contributed by atoms with Gasteiger partial charge in [-0.15, -0.1) is 45.3 Å². The molecule has 0 saturated carbocycles. The number of thiophene rings is 3. The van der Waals surface area contributed by atoms with Gasteiger partial charge in [-0.05, 0) is 188 Å². The lowest BCUT2D eigenvalue weighted by Crippen LogP contribution is -1.75. The summed E-state index contributed by atoms with van der Waals surface area (Å²) in [6, 6.07) is 36.4. The van der Waals surface area contributed by atoms with Crippen molar-refractivity contribution in [2.45, 2.75) is 306 Å². The van der Waals surface area contributed by atoms with Gasteiger partial charge >= 0.3 is 0 Å². The quantitative estimate of drug-likeness (QED) is 0.149. The first kappa shape index (κ1) is 149. The zero-order chi connectivity index (χ0) is 90.4. The zero-order valence-electron chi connectivity index (χ0n) is 79.4. The van der Waals surface area contributed by atoms with Crippen LogP contribution in [0.3, 0.4) is 0 Å². The average Bonchev–Trinajstić information content (AvgIpc) is 1.98. The number of thiazole rings is 2. The van der Waals surface area contributed by atoms with E-state index in [2.05, 4.69) is 138 Å². The molecule has 0 unspecified atom stereocenters. The molecule has 116 heavy (non-hydrogen) atoms. The second-order valence-corrected chi connectivity index (χ2v) is 22.4. The highest BCUT2D eigenvalue weighted by Gasteiger charge is 1.83. The molecule has 0 aliphatic heterocycles. The van der Waals surface area contributed by atoms with Crippen LogP contribution >= 0.6 is 56.7 Å². The van der Waals surface area contributed by atoms with E-state index in [4.69, 9.17) is 17.7 Å². The number of oxazole rings is 3. The van der Waals surface area contributed by atoms with E-state index < -0.39 is 0 Å². The van der Waals surface area contributed by atoms with E-state index in [-0.39, 0.29) is 22.3 Å². The predicted octanol–water partition coefficient (Wildman–Crippen LogP) is 37.1. The average molecular weight is 1710 g/mol. The minimum absolute atomic E-state index is 0. The molecular weight excluding hydrogens is 1530 g/mol. The molecule has 18 heteroatoms. The highest BCUT2D eigenvalue weighted by Crippen LogP contribution is 2.05. The van der Waals surface area contributed by atoms with Crippen molar-refractivity contribution in [3.8, 4) is 0 Å². The van der Waals surface area contributed by atoms with Gasteiger partial charge in [0.15, 0.2) is 18.7 Å². The molecule has 0 atom stereocenters. The van der Waals surface area contributed by atoms with Gasteiger partial charge in [-0.25, -0.2) is 15.0 Å². The number of nitrogens with one attached hydrogen (secondary N) is 2. The first-order valence-corrected chi connectivity index (χ1v) is 45.1. The van der Waals surface area contributed by atoms with Crippen molar-refractivity contribution in [1.82, 2.24) is 39.5 Å². The first-order chi connectivity index (χ1) is 55.0. The maximum atomic E-state index is 4.83. The molecule has 0 spiro atoms. The molecule has 14 rings (SSSR count). The van der Waals surface area contributed by atoms with Gasteiger partial charge in [-0.2, -0.15) is 11.3 Å². The maximum Gasteiger partial charge on any atom is 0.190 e. The van der Waals surface area contributed by atoms with Crippen molar-refractivity contribution in [1.29, 1.82) is 0 Å². The van der Waals surface area contributed by atoms with E-state index in [1.54, 1.807) is 107 Å². The van der Waals surface area contributed by atoms with Crippen LogP contribution in [0, 0.1) is 90.0 Å². The lowest BCUT2D eigenvalue weighted by Gasteiger charge is -1.82. The van der Waals surface area contributed by atoms with Crippen LogP contribution in [0.25, 0.3) is 0 Å². The van der Waals surface area contributed by atoms with Gasteiger partial charge in [-0.1, -0.05) is 264 Å². The summed E-state index contributed by atoms with van der Waals surface area (Å²) in [5.74, 6) is 2.54. The van der Waals surface area contributed by atoms with E-state index in [9.17, 15) is 0 Å². The molecular formula is C98H180N8O5S5. The topological polar surface area (TPSA) is 167 Å². The highest BCUT2D eigenvalue weighted by molar-refractivity contribution is 7.10. The molecule has 13 heterocycles. The Kier molecular flexibility index (Phi) is 186. The predicted molar refractivity (Wildman–Crippen MR) is 538 cm³/mol. The highest BCUT2D eigenvalue weighted by atomic mass is 32.1. The number of furan rings is 2. The molecule has 672 valence electrons. The molecule has 0 fully saturated rings. The Morgan fingerprint density at radius 3 is 1.00 bits per heavy atom. The third-order valence-corrected chi connectivity index (χ3v) is 13.1. The van der Waals surface area contributed by atoms with Crippen molar-refractivity contribution in [3.63, 3.8) is 0 Å². The Morgan fingerprint density at radius 1 is 0.345 bits per heavy atom. The Balaban J connectivity index is -0.0000000591. The lowest BCUT2D eigenvalue weighted by atomic mass is 10.2. The smallest absolute Gasteiger partial charge is 0.190 e. The van der Waals surface area contributed by atoms with Gasteiger partial charge in [0.1, 0.15) is 24.0 Å². The van der Waals surface area contributed by atoms with E-state index >= 15 is 0 Å². The van der Waals surface area contributed by atoms with E-state index in [1.165, 1.54) is 55.4 Å². The number of aryl methyl sites for hydroxylation is 14. The molecule has 0 aliphatic carbocycles. The summed E-state index contributed by atoms with van der Waals surface area (Å²) in [7, 11) is 2.00. The van der Waals surface area contributed by atoms with Gasteiger partial charge in [-0.3, -0.25) is 9.97 Å². The molecule has 13 aromatic heterocycles. The molecule has 0 bridgehead atoms. The van der Waals surface area contributed by atoms with Crippen LogP contribution in [-0.4, -0.2) is 39.5 Å². The van der Waals surface area contributed by atoms with E-state index in [1.807, 2.05) is 374 Å². The number of rotatable bonds is 0. The van der Waals surface area contributed by atoms with Crippen LogP contribution in [0.15, 0.2) is 263 Å². The molecule has 0 radical (unpaired) electrons. The van der Waals surface area contributed by atoms with Gasteiger partial charge in [0.25, 0.3) is 0 Å². The second-order valence-electron chi connectivity index (χ2n) is 17.6. The number of aromatic amines is 2. The number of nitrogens with zero attached hydrogens (tertiary/aromatic N) is 6. The van der Waals surface area contributed by atoms with Gasteiger partial charge < -0.3 is 36.6 Å². The maximum absolute atomic E-state index is 4.83. The molecule has 14 aromatic rings. The largest absolute Gasteiger partial charge is 0.472 e. The number of hydrogen-bond acceptors (Lipinski definition) is 15. The van der Waals surface area contributed by atoms with Crippen LogP contribution in [0.1, 0.15) is 288 Å². The number of benzene rings is 1. The molecule has 0 aliphatic rings. The summed E-state index contributed by atoms with van der Waals surface area (Å²) >= 11 is 8.59. The minimum atomic E-state index is 0. The molecule has 2 N–H and O–H groups in total. The van der Waals surface area contributed by atoms with Crippen LogP contribution in [0.2, 0.25) is 0 Å². The van der Waals surface area contributed by atoms with Crippen molar-refractivity contribution in [2.75, 3.05) is 0 Å². The molecule has 13 nitrogen and oxygen atoms in total. The summed E-state index contributed by atoms with van der Waals surface area (Å²) in [5, 5.41) is 10.4. The second kappa shape index (κ2) is 145. The van der Waals surface area contributed by atoms with Crippen LogP contribution in [0.4, 0.5) is 0 Å².